The highest BCUT2D eigenvalue weighted by Gasteiger charge is 2.36. The van der Waals surface area contributed by atoms with E-state index in [-0.39, 0.29) is 16.4 Å². The first-order valence-electron chi connectivity index (χ1n) is 11.9. The number of nitrogens with two attached hydrogens (primary N) is 1. The Balaban J connectivity index is 1.84. The van der Waals surface area contributed by atoms with E-state index in [4.69, 9.17) is 16.6 Å². The molecule has 0 aliphatic rings. The molecule has 3 N–H and O–H groups in total. The van der Waals surface area contributed by atoms with Crippen LogP contribution in [0.2, 0.25) is 18.1 Å². The zero-order valence-corrected chi connectivity index (χ0v) is 22.9. The van der Waals surface area contributed by atoms with Crippen molar-refractivity contribution < 1.29 is 14.0 Å². The van der Waals surface area contributed by atoms with Crippen molar-refractivity contribution in [1.82, 2.24) is 9.97 Å². The van der Waals surface area contributed by atoms with Crippen LogP contribution in [-0.2, 0) is 4.43 Å². The topological polar surface area (TPSA) is 110 Å². The van der Waals surface area contributed by atoms with Crippen molar-refractivity contribution >= 4 is 37.2 Å². The molecule has 0 aliphatic carbocycles. The second kappa shape index (κ2) is 11.4. The number of nitrogens with zero attached hydrogens (tertiary/aromatic N) is 3. The Morgan fingerprint density at radius 2 is 1.54 bits per heavy atom. The first-order valence-corrected chi connectivity index (χ1v) is 14.9. The summed E-state index contributed by atoms with van der Waals surface area (Å²) in [6.45, 7) is 12.4. The third-order valence-corrected chi connectivity index (χ3v) is 11.0. The van der Waals surface area contributed by atoms with E-state index >= 15 is 0 Å². The second-order valence-corrected chi connectivity index (χ2v) is 14.8. The lowest BCUT2D eigenvalue weighted by Crippen LogP contribution is -2.41. The Kier molecular flexibility index (Phi) is 8.48. The number of carbonyl (C=O) groups is 2. The normalized spacial score (nSPS) is 11.5. The SMILES string of the molecule is C#Cc1ccc(N(C(=O)c2nccnc2C(N)=O)c2ccc(NCCO[Si](C)(C)C(C)(C)C)cc2)cc1. The molecule has 0 saturated carbocycles. The summed E-state index contributed by atoms with van der Waals surface area (Å²) in [5.41, 5.74) is 7.79. The Hall–Kier alpha value is -4.00. The molecule has 0 unspecified atom stereocenters. The number of benzene rings is 2. The van der Waals surface area contributed by atoms with E-state index in [2.05, 4.69) is 55.1 Å². The minimum Gasteiger partial charge on any atom is -0.415 e. The standard InChI is InChI=1S/C28H33N5O3Si/c1-7-20-8-12-22(13-9-20)33(27(35)25-24(26(29)34)31-16-17-32-25)23-14-10-21(11-15-23)30-18-19-36-37(5,6)28(2,3)4/h1,8-17,30H,18-19H2,2-6H3,(H2,29,34). The van der Waals surface area contributed by atoms with Crippen LogP contribution in [0.4, 0.5) is 17.1 Å². The molecule has 37 heavy (non-hydrogen) atoms. The molecule has 3 rings (SSSR count). The van der Waals surface area contributed by atoms with Crippen molar-refractivity contribution in [2.45, 2.75) is 38.9 Å². The van der Waals surface area contributed by atoms with E-state index < -0.39 is 20.1 Å². The van der Waals surface area contributed by atoms with Gasteiger partial charge in [0.2, 0.25) is 0 Å². The van der Waals surface area contributed by atoms with Crippen LogP contribution in [0.5, 0.6) is 0 Å². The van der Waals surface area contributed by atoms with Gasteiger partial charge in [-0.2, -0.15) is 0 Å². The van der Waals surface area contributed by atoms with Gasteiger partial charge in [0, 0.05) is 41.6 Å². The Labute approximate surface area is 219 Å². The monoisotopic (exact) mass is 515 g/mol. The fraction of sp³-hybridized carbons (Fsp3) is 0.286. The van der Waals surface area contributed by atoms with Gasteiger partial charge in [0.1, 0.15) is 0 Å². The lowest BCUT2D eigenvalue weighted by molar-refractivity contribution is 0.0959. The van der Waals surface area contributed by atoms with Gasteiger partial charge in [0.05, 0.1) is 6.61 Å². The van der Waals surface area contributed by atoms with Crippen molar-refractivity contribution in [3.8, 4) is 12.3 Å². The third kappa shape index (κ3) is 6.61. The molecule has 1 heterocycles. The Bertz CT molecular complexity index is 1290. The van der Waals surface area contributed by atoms with Gasteiger partial charge in [-0.25, -0.2) is 9.97 Å². The summed E-state index contributed by atoms with van der Waals surface area (Å²) < 4.78 is 6.22. The predicted molar refractivity (Wildman–Crippen MR) is 149 cm³/mol. The Morgan fingerprint density at radius 3 is 2.05 bits per heavy atom. The van der Waals surface area contributed by atoms with E-state index in [1.807, 2.05) is 24.3 Å². The van der Waals surface area contributed by atoms with Crippen LogP contribution in [0.15, 0.2) is 60.9 Å². The summed E-state index contributed by atoms with van der Waals surface area (Å²) in [5.74, 6) is 1.19. The van der Waals surface area contributed by atoms with Crippen LogP contribution in [0.1, 0.15) is 47.3 Å². The zero-order valence-electron chi connectivity index (χ0n) is 21.9. The molecule has 0 atom stereocenters. The second-order valence-electron chi connectivity index (χ2n) is 10.0. The van der Waals surface area contributed by atoms with Crippen LogP contribution in [0.25, 0.3) is 0 Å². The quantitative estimate of drug-likeness (QED) is 0.237. The van der Waals surface area contributed by atoms with Crippen molar-refractivity contribution in [2.24, 2.45) is 5.73 Å². The van der Waals surface area contributed by atoms with E-state index in [0.29, 0.717) is 30.1 Å². The summed E-state index contributed by atoms with van der Waals surface area (Å²) >= 11 is 0. The predicted octanol–water partition coefficient (Wildman–Crippen LogP) is 4.97. The lowest BCUT2D eigenvalue weighted by atomic mass is 10.1. The number of carbonyl (C=O) groups excluding carboxylic acids is 2. The number of hydrogen-bond acceptors (Lipinski definition) is 6. The van der Waals surface area contributed by atoms with Crippen molar-refractivity contribution in [1.29, 1.82) is 0 Å². The number of terminal acetylenes is 1. The van der Waals surface area contributed by atoms with E-state index in [1.165, 1.54) is 17.3 Å². The molecule has 1 aromatic heterocycles. The van der Waals surface area contributed by atoms with Gasteiger partial charge in [-0.3, -0.25) is 14.5 Å². The first kappa shape index (κ1) is 27.6. The van der Waals surface area contributed by atoms with Crippen molar-refractivity contribution in [3.63, 3.8) is 0 Å². The molecule has 0 saturated heterocycles. The molecule has 3 aromatic rings. The lowest BCUT2D eigenvalue weighted by Gasteiger charge is -2.36. The summed E-state index contributed by atoms with van der Waals surface area (Å²) in [5, 5.41) is 3.52. The average molecular weight is 516 g/mol. The molecule has 192 valence electrons. The molecular weight excluding hydrogens is 482 g/mol. The van der Waals surface area contributed by atoms with Crippen molar-refractivity contribution in [3.05, 3.63) is 77.9 Å². The van der Waals surface area contributed by atoms with Crippen LogP contribution < -0.4 is 16.0 Å². The highest BCUT2D eigenvalue weighted by atomic mass is 28.4. The van der Waals surface area contributed by atoms with Crippen LogP contribution >= 0.6 is 0 Å². The summed E-state index contributed by atoms with van der Waals surface area (Å²) in [6, 6.07) is 14.3. The average Bonchev–Trinajstić information content (AvgIpc) is 2.87. The summed E-state index contributed by atoms with van der Waals surface area (Å²) in [7, 11) is -1.81. The van der Waals surface area contributed by atoms with Crippen LogP contribution in [0, 0.1) is 12.3 Å². The molecule has 8 nitrogen and oxygen atoms in total. The molecule has 9 heteroatoms. The molecule has 0 spiro atoms. The fourth-order valence-electron chi connectivity index (χ4n) is 3.32. The van der Waals surface area contributed by atoms with Gasteiger partial charge in [0.25, 0.3) is 11.8 Å². The minimum absolute atomic E-state index is 0.138. The smallest absolute Gasteiger partial charge is 0.283 e. The van der Waals surface area contributed by atoms with Gasteiger partial charge < -0.3 is 15.5 Å². The maximum atomic E-state index is 13.6. The minimum atomic E-state index is -1.81. The van der Waals surface area contributed by atoms with E-state index in [1.54, 1.807) is 24.3 Å². The fourth-order valence-corrected chi connectivity index (χ4v) is 4.36. The van der Waals surface area contributed by atoms with Gasteiger partial charge in [-0.05, 0) is 66.7 Å². The number of rotatable bonds is 9. The molecule has 0 bridgehead atoms. The van der Waals surface area contributed by atoms with Crippen molar-refractivity contribution in [2.75, 3.05) is 23.4 Å². The molecule has 0 fully saturated rings. The summed E-state index contributed by atoms with van der Waals surface area (Å²) in [4.78, 5) is 35.0. The number of hydrogen-bond donors (Lipinski definition) is 2. The zero-order chi connectivity index (χ0) is 27.2. The van der Waals surface area contributed by atoms with Crippen LogP contribution in [-0.4, -0.2) is 43.3 Å². The Morgan fingerprint density at radius 1 is 1.00 bits per heavy atom. The largest absolute Gasteiger partial charge is 0.415 e. The number of amides is 2. The first-order chi connectivity index (χ1) is 17.4. The molecule has 0 radical (unpaired) electrons. The number of anilines is 3. The number of nitrogens with one attached hydrogen (secondary N) is 1. The van der Waals surface area contributed by atoms with Crippen LogP contribution in [0.3, 0.4) is 0 Å². The molecule has 2 amide bonds. The number of aromatic nitrogens is 2. The van der Waals surface area contributed by atoms with Gasteiger partial charge >= 0.3 is 0 Å². The van der Waals surface area contributed by atoms with Gasteiger partial charge in [-0.15, -0.1) is 6.42 Å². The molecule has 2 aromatic carbocycles. The maximum absolute atomic E-state index is 13.6. The highest BCUT2D eigenvalue weighted by Crippen LogP contribution is 2.36. The molecular formula is C28H33N5O3Si. The summed E-state index contributed by atoms with van der Waals surface area (Å²) in [6.07, 6.45) is 8.15. The number of primary amides is 1. The maximum Gasteiger partial charge on any atom is 0.283 e. The van der Waals surface area contributed by atoms with E-state index in [9.17, 15) is 9.59 Å². The van der Waals surface area contributed by atoms with Gasteiger partial charge in [-0.1, -0.05) is 26.7 Å². The highest BCUT2D eigenvalue weighted by molar-refractivity contribution is 6.74. The molecule has 0 aliphatic heterocycles. The van der Waals surface area contributed by atoms with E-state index in [0.717, 1.165) is 5.69 Å². The third-order valence-electron chi connectivity index (χ3n) is 6.46. The van der Waals surface area contributed by atoms with Gasteiger partial charge in [0.15, 0.2) is 19.7 Å².